The Balaban J connectivity index is 1.98. The van der Waals surface area contributed by atoms with Gasteiger partial charge in [0.2, 0.25) is 5.91 Å². The van der Waals surface area contributed by atoms with Crippen molar-refractivity contribution in [3.05, 3.63) is 10.4 Å². The van der Waals surface area contributed by atoms with Crippen LogP contribution in [0.1, 0.15) is 51.4 Å². The van der Waals surface area contributed by atoms with Gasteiger partial charge in [-0.2, -0.15) is 0 Å². The largest absolute Gasteiger partial charge is 0.356 e. The van der Waals surface area contributed by atoms with Gasteiger partial charge in [0.1, 0.15) is 0 Å². The quantitative estimate of drug-likeness (QED) is 0.314. The first-order chi connectivity index (χ1) is 8.33. The second-order valence-electron chi connectivity index (χ2n) is 4.72. The number of rotatable bonds is 7. The predicted molar refractivity (Wildman–Crippen MR) is 67.4 cm³/mol. The van der Waals surface area contributed by atoms with E-state index in [4.69, 9.17) is 5.53 Å². The van der Waals surface area contributed by atoms with Crippen LogP contribution in [0.5, 0.6) is 0 Å². The fourth-order valence-corrected chi connectivity index (χ4v) is 2.31. The number of unbranched alkanes of at least 4 members (excludes halogenated alkanes) is 1. The van der Waals surface area contributed by atoms with E-state index in [-0.39, 0.29) is 5.91 Å². The highest BCUT2D eigenvalue weighted by atomic mass is 16.1. The molecule has 0 unspecified atom stereocenters. The summed E-state index contributed by atoms with van der Waals surface area (Å²) in [4.78, 5) is 14.3. The van der Waals surface area contributed by atoms with Crippen molar-refractivity contribution in [2.24, 2.45) is 11.0 Å². The highest BCUT2D eigenvalue weighted by Crippen LogP contribution is 2.25. The van der Waals surface area contributed by atoms with Gasteiger partial charge in [0.25, 0.3) is 0 Å². The molecule has 96 valence electrons. The van der Waals surface area contributed by atoms with E-state index in [0.717, 1.165) is 12.8 Å². The Hall–Kier alpha value is -1.22. The van der Waals surface area contributed by atoms with Gasteiger partial charge >= 0.3 is 0 Å². The third-order valence-corrected chi connectivity index (χ3v) is 3.27. The summed E-state index contributed by atoms with van der Waals surface area (Å²) >= 11 is 0. The maximum absolute atomic E-state index is 11.6. The predicted octanol–water partition coefficient (Wildman–Crippen LogP) is 3.16. The summed E-state index contributed by atoms with van der Waals surface area (Å²) < 4.78 is 0. The van der Waals surface area contributed by atoms with E-state index in [2.05, 4.69) is 15.3 Å². The van der Waals surface area contributed by atoms with Gasteiger partial charge in [-0.05, 0) is 37.1 Å². The third-order valence-electron chi connectivity index (χ3n) is 3.27. The first kappa shape index (κ1) is 13.8. The summed E-state index contributed by atoms with van der Waals surface area (Å²) in [6, 6.07) is 0. The van der Waals surface area contributed by atoms with Gasteiger partial charge in [-0.1, -0.05) is 24.4 Å². The van der Waals surface area contributed by atoms with Gasteiger partial charge in [0, 0.05) is 24.4 Å². The molecular formula is C12H22N4O. The number of carbonyl (C=O) groups is 1. The van der Waals surface area contributed by atoms with Crippen LogP contribution in [-0.4, -0.2) is 19.0 Å². The van der Waals surface area contributed by atoms with E-state index < -0.39 is 0 Å². The first-order valence-corrected chi connectivity index (χ1v) is 6.60. The number of nitrogens with one attached hydrogen (secondary N) is 1. The fourth-order valence-electron chi connectivity index (χ4n) is 2.31. The summed E-state index contributed by atoms with van der Waals surface area (Å²) in [6.45, 7) is 1.22. The number of azide groups is 1. The molecule has 1 N–H and O–H groups in total. The van der Waals surface area contributed by atoms with Crippen LogP contribution in [-0.2, 0) is 4.79 Å². The van der Waals surface area contributed by atoms with Crippen LogP contribution in [0.25, 0.3) is 10.4 Å². The topological polar surface area (TPSA) is 77.9 Å². The average Bonchev–Trinajstić information content (AvgIpc) is 2.35. The Kier molecular flexibility index (Phi) is 7.23. The summed E-state index contributed by atoms with van der Waals surface area (Å²) in [7, 11) is 0. The average molecular weight is 238 g/mol. The van der Waals surface area contributed by atoms with E-state index in [1.165, 1.54) is 32.1 Å². The van der Waals surface area contributed by atoms with Gasteiger partial charge in [0.15, 0.2) is 0 Å². The Labute approximate surface area is 103 Å². The van der Waals surface area contributed by atoms with Gasteiger partial charge in [-0.25, -0.2) is 0 Å². The molecule has 1 saturated carbocycles. The lowest BCUT2D eigenvalue weighted by Gasteiger charge is -2.20. The molecule has 1 aliphatic carbocycles. The second kappa shape index (κ2) is 8.88. The van der Waals surface area contributed by atoms with Crippen molar-refractivity contribution < 1.29 is 4.79 Å². The summed E-state index contributed by atoms with van der Waals surface area (Å²) in [6.07, 6.45) is 8.74. The van der Waals surface area contributed by atoms with Crippen molar-refractivity contribution in [2.45, 2.75) is 51.4 Å². The SMILES string of the molecule is [N-]=[N+]=NCCCCNC(=O)CC1CCCCC1. The van der Waals surface area contributed by atoms with E-state index >= 15 is 0 Å². The first-order valence-electron chi connectivity index (χ1n) is 6.60. The molecule has 5 nitrogen and oxygen atoms in total. The van der Waals surface area contributed by atoms with Crippen LogP contribution in [0.3, 0.4) is 0 Å². The minimum Gasteiger partial charge on any atom is -0.356 e. The molecule has 17 heavy (non-hydrogen) atoms. The van der Waals surface area contributed by atoms with Crippen molar-refractivity contribution in [3.8, 4) is 0 Å². The molecule has 0 aromatic carbocycles. The van der Waals surface area contributed by atoms with Crippen LogP contribution < -0.4 is 5.32 Å². The molecule has 0 radical (unpaired) electrons. The van der Waals surface area contributed by atoms with Gasteiger partial charge in [0.05, 0.1) is 0 Å². The molecule has 0 spiro atoms. The lowest BCUT2D eigenvalue weighted by Crippen LogP contribution is -2.27. The smallest absolute Gasteiger partial charge is 0.220 e. The standard InChI is InChI=1S/C12H22N4O/c13-16-15-9-5-4-8-14-12(17)10-11-6-2-1-3-7-11/h11H,1-10H2,(H,14,17). The molecule has 1 rings (SSSR count). The maximum Gasteiger partial charge on any atom is 0.220 e. The lowest BCUT2D eigenvalue weighted by atomic mass is 9.87. The Morgan fingerprint density at radius 1 is 1.29 bits per heavy atom. The summed E-state index contributed by atoms with van der Waals surface area (Å²) in [5.41, 5.74) is 8.08. The third kappa shape index (κ3) is 6.84. The fraction of sp³-hybridized carbons (Fsp3) is 0.917. The van der Waals surface area contributed by atoms with E-state index in [1.54, 1.807) is 0 Å². The maximum atomic E-state index is 11.6. The second-order valence-corrected chi connectivity index (χ2v) is 4.72. The van der Waals surface area contributed by atoms with Crippen molar-refractivity contribution >= 4 is 5.91 Å². The molecule has 0 aliphatic heterocycles. The number of nitrogens with zero attached hydrogens (tertiary/aromatic N) is 3. The normalized spacial score (nSPS) is 16.2. The minimum absolute atomic E-state index is 0.181. The highest BCUT2D eigenvalue weighted by Gasteiger charge is 2.16. The number of carbonyl (C=O) groups excluding carboxylic acids is 1. The molecule has 1 fully saturated rings. The van der Waals surface area contributed by atoms with E-state index in [0.29, 0.717) is 25.4 Å². The van der Waals surface area contributed by atoms with Gasteiger partial charge < -0.3 is 5.32 Å². The Bertz CT molecular complexity index is 268. The molecule has 0 aromatic heterocycles. The summed E-state index contributed by atoms with van der Waals surface area (Å²) in [5, 5.41) is 6.38. The van der Waals surface area contributed by atoms with Crippen LogP contribution in [0.2, 0.25) is 0 Å². The van der Waals surface area contributed by atoms with Crippen molar-refractivity contribution in [2.75, 3.05) is 13.1 Å². The molecule has 1 aliphatic rings. The van der Waals surface area contributed by atoms with Crippen LogP contribution in [0.4, 0.5) is 0 Å². The molecule has 0 aromatic rings. The van der Waals surface area contributed by atoms with E-state index in [9.17, 15) is 4.79 Å². The summed E-state index contributed by atoms with van der Waals surface area (Å²) in [5.74, 6) is 0.785. The number of hydrogen-bond acceptors (Lipinski definition) is 2. The van der Waals surface area contributed by atoms with Crippen LogP contribution >= 0.6 is 0 Å². The zero-order valence-corrected chi connectivity index (χ0v) is 10.4. The zero-order chi connectivity index (χ0) is 12.3. The van der Waals surface area contributed by atoms with Crippen molar-refractivity contribution in [1.82, 2.24) is 5.32 Å². The number of amides is 1. The Morgan fingerprint density at radius 2 is 2.06 bits per heavy atom. The van der Waals surface area contributed by atoms with E-state index in [1.807, 2.05) is 0 Å². The Morgan fingerprint density at radius 3 is 2.76 bits per heavy atom. The molecule has 0 atom stereocenters. The van der Waals surface area contributed by atoms with Gasteiger partial charge in [-0.3, -0.25) is 4.79 Å². The highest BCUT2D eigenvalue weighted by molar-refractivity contribution is 5.76. The monoisotopic (exact) mass is 238 g/mol. The van der Waals surface area contributed by atoms with Crippen LogP contribution in [0.15, 0.2) is 5.11 Å². The van der Waals surface area contributed by atoms with Gasteiger partial charge in [-0.15, -0.1) is 0 Å². The zero-order valence-electron chi connectivity index (χ0n) is 10.4. The molecule has 0 saturated heterocycles. The molecule has 0 bridgehead atoms. The molecule has 1 amide bonds. The molecule has 5 heteroatoms. The van der Waals surface area contributed by atoms with Crippen LogP contribution in [0, 0.1) is 5.92 Å². The van der Waals surface area contributed by atoms with Crippen molar-refractivity contribution in [1.29, 1.82) is 0 Å². The lowest BCUT2D eigenvalue weighted by molar-refractivity contribution is -0.122. The number of hydrogen-bond donors (Lipinski definition) is 1. The van der Waals surface area contributed by atoms with Crippen molar-refractivity contribution in [3.63, 3.8) is 0 Å². The minimum atomic E-state index is 0.181. The molecular weight excluding hydrogens is 216 g/mol. The molecule has 0 heterocycles.